The lowest BCUT2D eigenvalue weighted by Crippen LogP contribution is -2.43. The Kier molecular flexibility index (Phi) is 6.87. The molecule has 0 bridgehead atoms. The maximum atomic E-state index is 11.7. The quantitative estimate of drug-likeness (QED) is 0.653. The molecule has 0 radical (unpaired) electrons. The molecule has 1 fully saturated rings. The van der Waals surface area contributed by atoms with Gasteiger partial charge in [-0.15, -0.1) is 0 Å². The molecule has 0 unspecified atom stereocenters. The van der Waals surface area contributed by atoms with E-state index in [0.29, 0.717) is 17.4 Å². The van der Waals surface area contributed by atoms with Gasteiger partial charge in [0.05, 0.1) is 23.2 Å². The van der Waals surface area contributed by atoms with Crippen LogP contribution in [0.15, 0.2) is 35.2 Å². The Bertz CT molecular complexity index is 869. The summed E-state index contributed by atoms with van der Waals surface area (Å²) in [5.74, 6) is 2.34. The number of hydrogen-bond acceptors (Lipinski definition) is 7. The zero-order chi connectivity index (χ0) is 21.9. The molecule has 8 heteroatoms. The molecule has 0 aliphatic carbocycles. The number of nitrogens with zero attached hydrogens (tertiary/aromatic N) is 2. The number of likely N-dealkylation sites (tertiary alicyclic amines) is 1. The van der Waals surface area contributed by atoms with Crippen molar-refractivity contribution in [1.82, 2.24) is 15.5 Å². The van der Waals surface area contributed by atoms with Crippen molar-refractivity contribution in [2.45, 2.75) is 63.8 Å². The first kappa shape index (κ1) is 22.7. The summed E-state index contributed by atoms with van der Waals surface area (Å²) in [6.07, 6.45) is 7.71. The van der Waals surface area contributed by atoms with E-state index in [-0.39, 0.29) is 5.54 Å². The highest BCUT2D eigenvalue weighted by Crippen LogP contribution is 2.27. The van der Waals surface area contributed by atoms with Gasteiger partial charge in [-0.05, 0) is 83.1 Å². The topological polar surface area (TPSA) is 71.1 Å². The minimum Gasteiger partial charge on any atom is -0.494 e. The average molecular weight is 438 g/mol. The summed E-state index contributed by atoms with van der Waals surface area (Å²) in [5, 5.41) is 2.00. The third-order valence-electron chi connectivity index (χ3n) is 5.71. The van der Waals surface area contributed by atoms with Gasteiger partial charge in [0.15, 0.2) is 9.84 Å². The van der Waals surface area contributed by atoms with Crippen molar-refractivity contribution in [3.8, 4) is 5.75 Å². The molecule has 30 heavy (non-hydrogen) atoms. The van der Waals surface area contributed by atoms with Crippen molar-refractivity contribution >= 4 is 9.84 Å². The Hall–Kier alpha value is -1.93. The van der Waals surface area contributed by atoms with Gasteiger partial charge in [0.2, 0.25) is 5.88 Å². The number of nitrogens with one attached hydrogen (secondary N) is 1. The molecule has 3 rings (SSSR count). The zero-order valence-corrected chi connectivity index (χ0v) is 19.6. The first-order chi connectivity index (χ1) is 14.0. The average Bonchev–Trinajstić information content (AvgIpc) is 3.15. The van der Waals surface area contributed by atoms with E-state index in [1.807, 2.05) is 11.2 Å². The Morgan fingerprint density at radius 2 is 1.93 bits per heavy atom. The fourth-order valence-electron chi connectivity index (χ4n) is 3.87. The molecule has 2 aliphatic rings. The van der Waals surface area contributed by atoms with Crippen LogP contribution in [0.5, 0.6) is 5.75 Å². The Morgan fingerprint density at radius 1 is 1.23 bits per heavy atom. The highest BCUT2D eigenvalue weighted by molar-refractivity contribution is 7.90. The molecule has 2 heterocycles. The van der Waals surface area contributed by atoms with Gasteiger partial charge in [-0.1, -0.05) is 5.59 Å². The van der Waals surface area contributed by atoms with Crippen LogP contribution in [-0.2, 0) is 14.7 Å². The highest BCUT2D eigenvalue weighted by atomic mass is 32.2. The third kappa shape index (κ3) is 5.82. The maximum Gasteiger partial charge on any atom is 0.234 e. The second kappa shape index (κ2) is 9.06. The molecule has 168 valence electrons. The second-order valence-electron chi connectivity index (χ2n) is 9.32. The van der Waals surface area contributed by atoms with Gasteiger partial charge in [-0.3, -0.25) is 5.01 Å². The summed E-state index contributed by atoms with van der Waals surface area (Å²) >= 11 is 0. The minimum atomic E-state index is -3.19. The molecule has 7 nitrogen and oxygen atoms in total. The van der Waals surface area contributed by atoms with E-state index in [1.165, 1.54) is 6.26 Å². The number of benzene rings is 1. The van der Waals surface area contributed by atoms with E-state index in [9.17, 15) is 8.42 Å². The lowest BCUT2D eigenvalue weighted by molar-refractivity contribution is -0.0465. The fraction of sp³-hybridized carbons (Fsp3) is 0.636. The number of ether oxygens (including phenoxy) is 1. The van der Waals surface area contributed by atoms with Gasteiger partial charge >= 0.3 is 0 Å². The van der Waals surface area contributed by atoms with Crippen LogP contribution in [0, 0.1) is 12.8 Å². The molecule has 1 aromatic carbocycles. The smallest absolute Gasteiger partial charge is 0.234 e. The molecule has 1 N–H and O–H groups in total. The largest absolute Gasteiger partial charge is 0.494 e. The lowest BCUT2D eigenvalue weighted by atomic mass is 9.92. The van der Waals surface area contributed by atoms with Crippen LogP contribution in [0.3, 0.4) is 0 Å². The van der Waals surface area contributed by atoms with Gasteiger partial charge in [-0.2, -0.15) is 0 Å². The first-order valence-corrected chi connectivity index (χ1v) is 12.6. The summed E-state index contributed by atoms with van der Waals surface area (Å²) in [7, 11) is -3.19. The molecular formula is C22H35N3O4S. The Morgan fingerprint density at radius 3 is 2.50 bits per heavy atom. The van der Waals surface area contributed by atoms with Crippen LogP contribution in [0.4, 0.5) is 0 Å². The minimum absolute atomic E-state index is 0.0241. The first-order valence-electron chi connectivity index (χ1n) is 10.7. The molecule has 0 aromatic heterocycles. The number of aryl methyl sites for hydroxylation is 1. The van der Waals surface area contributed by atoms with Crippen molar-refractivity contribution in [2.24, 2.45) is 5.92 Å². The van der Waals surface area contributed by atoms with Crippen LogP contribution in [-0.4, -0.2) is 49.8 Å². The van der Waals surface area contributed by atoms with Crippen LogP contribution >= 0.6 is 0 Å². The molecule has 0 spiro atoms. The lowest BCUT2D eigenvalue weighted by Gasteiger charge is -2.32. The molecular weight excluding hydrogens is 402 g/mol. The standard InChI is InChI=1S/C22H35N3O4S/c1-17-15-19(8-9-20(17)30(5,26)27)28-14-6-7-18-10-12-24(13-11-18)21-16-25(23-29-21)22(2,3)4/h8-9,15-16,18,23H,6-7,10-14H2,1-5H3. The molecule has 0 atom stereocenters. The normalized spacial score (nSPS) is 18.4. The van der Waals surface area contributed by atoms with Crippen molar-refractivity contribution in [3.63, 3.8) is 0 Å². The summed E-state index contributed by atoms with van der Waals surface area (Å²) in [6, 6.07) is 5.18. The van der Waals surface area contributed by atoms with Crippen molar-refractivity contribution < 1.29 is 18.0 Å². The van der Waals surface area contributed by atoms with Crippen LogP contribution < -0.4 is 10.3 Å². The number of sulfone groups is 1. The molecule has 0 amide bonds. The summed E-state index contributed by atoms with van der Waals surface area (Å²) < 4.78 is 29.3. The zero-order valence-electron chi connectivity index (χ0n) is 18.8. The van der Waals surface area contributed by atoms with E-state index in [1.54, 1.807) is 25.1 Å². The van der Waals surface area contributed by atoms with Crippen LogP contribution in [0.1, 0.15) is 52.0 Å². The predicted octanol–water partition coefficient (Wildman–Crippen LogP) is 3.62. The number of hydrazine groups is 1. The molecule has 1 aromatic rings. The van der Waals surface area contributed by atoms with E-state index in [2.05, 4.69) is 31.3 Å². The summed E-state index contributed by atoms with van der Waals surface area (Å²) in [5.41, 5.74) is 3.68. The van der Waals surface area contributed by atoms with Gasteiger partial charge in [0.25, 0.3) is 0 Å². The van der Waals surface area contributed by atoms with Crippen molar-refractivity contribution in [3.05, 3.63) is 35.8 Å². The van der Waals surface area contributed by atoms with Crippen LogP contribution in [0.2, 0.25) is 0 Å². The summed E-state index contributed by atoms with van der Waals surface area (Å²) in [4.78, 5) is 8.33. The van der Waals surface area contributed by atoms with E-state index in [4.69, 9.17) is 9.57 Å². The Labute approximate surface area is 180 Å². The number of hydrogen-bond donors (Lipinski definition) is 1. The third-order valence-corrected chi connectivity index (χ3v) is 6.97. The van der Waals surface area contributed by atoms with Gasteiger partial charge in [0, 0.05) is 19.3 Å². The number of rotatable bonds is 7. The molecule has 0 saturated carbocycles. The molecule has 2 aliphatic heterocycles. The fourth-order valence-corrected chi connectivity index (χ4v) is 4.83. The SMILES string of the molecule is Cc1cc(OCCCC2CCN(C3=CN(C(C)(C)C)NO3)CC2)ccc1S(C)(=O)=O. The second-order valence-corrected chi connectivity index (χ2v) is 11.3. The maximum absolute atomic E-state index is 11.7. The van der Waals surface area contributed by atoms with Gasteiger partial charge in [0.1, 0.15) is 5.75 Å². The van der Waals surface area contributed by atoms with E-state index >= 15 is 0 Å². The van der Waals surface area contributed by atoms with Crippen LogP contribution in [0.25, 0.3) is 0 Å². The van der Waals surface area contributed by atoms with Gasteiger partial charge in [-0.25, -0.2) is 8.42 Å². The molecule has 1 saturated heterocycles. The van der Waals surface area contributed by atoms with E-state index < -0.39 is 9.84 Å². The summed E-state index contributed by atoms with van der Waals surface area (Å²) in [6.45, 7) is 10.9. The van der Waals surface area contributed by atoms with E-state index in [0.717, 1.165) is 56.0 Å². The highest BCUT2D eigenvalue weighted by Gasteiger charge is 2.29. The number of piperidine rings is 1. The van der Waals surface area contributed by atoms with Crippen molar-refractivity contribution in [1.29, 1.82) is 0 Å². The monoisotopic (exact) mass is 437 g/mol. The van der Waals surface area contributed by atoms with Gasteiger partial charge < -0.3 is 14.5 Å². The van der Waals surface area contributed by atoms with Crippen molar-refractivity contribution in [2.75, 3.05) is 26.0 Å². The predicted molar refractivity (Wildman–Crippen MR) is 117 cm³/mol. The Balaban J connectivity index is 1.38.